The first-order valence-corrected chi connectivity index (χ1v) is 19.6. The van der Waals surface area contributed by atoms with Crippen LogP contribution in [0, 0.1) is 52.3 Å². The highest BCUT2D eigenvalue weighted by molar-refractivity contribution is 7.47. The van der Waals surface area contributed by atoms with E-state index in [0.29, 0.717) is 40.1 Å². The van der Waals surface area contributed by atoms with Crippen molar-refractivity contribution in [3.05, 3.63) is 23.8 Å². The van der Waals surface area contributed by atoms with E-state index in [4.69, 9.17) is 18.5 Å². The van der Waals surface area contributed by atoms with Crippen molar-refractivity contribution >= 4 is 14.0 Å². The molecule has 0 spiro atoms. The first kappa shape index (κ1) is 37.6. The highest BCUT2D eigenvalue weighted by Crippen LogP contribution is 2.67. The molecule has 3 fully saturated rings. The van der Waals surface area contributed by atoms with Crippen molar-refractivity contribution in [2.75, 3.05) is 47.5 Å². The van der Waals surface area contributed by atoms with E-state index >= 15 is 0 Å². The van der Waals surface area contributed by atoms with Gasteiger partial charge >= 0.3 is 14.0 Å². The third-order valence-electron chi connectivity index (χ3n) is 12.6. The van der Waals surface area contributed by atoms with Crippen LogP contribution in [0.4, 0.5) is 4.79 Å². The van der Waals surface area contributed by atoms with Gasteiger partial charge in [0.2, 0.25) is 0 Å². The molecule has 10 atom stereocenters. The molecular formula is C37H65NO7P+. The predicted molar refractivity (Wildman–Crippen MR) is 183 cm³/mol. The van der Waals surface area contributed by atoms with Gasteiger partial charge in [-0.1, -0.05) is 65.3 Å². The third kappa shape index (κ3) is 8.88. The quantitative estimate of drug-likeness (QED) is 0.0651. The number of phosphoric acid groups is 1. The number of carbonyl (C=O) groups is 1. The lowest BCUT2D eigenvalue weighted by atomic mass is 9.47. The van der Waals surface area contributed by atoms with Crippen LogP contribution in [0.1, 0.15) is 99.3 Å². The van der Waals surface area contributed by atoms with Crippen LogP contribution in [-0.4, -0.2) is 69.1 Å². The second-order valence-electron chi connectivity index (χ2n) is 16.8. The minimum Gasteiger partial charge on any atom is -0.432 e. The van der Waals surface area contributed by atoms with Crippen molar-refractivity contribution in [3.63, 3.8) is 0 Å². The van der Waals surface area contributed by atoms with Crippen molar-refractivity contribution in [3.8, 4) is 0 Å². The SMILES string of the molecule is CC[C@H](C=C[C@@H](C)[C@H]1CCC2C3CC=C4C[C@@H](OC(=O)OCCOP(=O)(O)OCC[N+](C)(C)C)CC[C@]4(C)C3CC[C@@]21C)C(C)C. The zero-order valence-electron chi connectivity index (χ0n) is 30.3. The Kier molecular flexibility index (Phi) is 12.4. The fourth-order valence-electron chi connectivity index (χ4n) is 9.83. The molecular weight excluding hydrogens is 601 g/mol. The summed E-state index contributed by atoms with van der Waals surface area (Å²) in [5.74, 6) is 5.00. The van der Waals surface area contributed by atoms with Crippen LogP contribution in [0.2, 0.25) is 0 Å². The van der Waals surface area contributed by atoms with Crippen LogP contribution in [0.5, 0.6) is 0 Å². The van der Waals surface area contributed by atoms with Crippen molar-refractivity contribution < 1.29 is 37.3 Å². The smallest absolute Gasteiger partial charge is 0.432 e. The Hall–Kier alpha value is -1.18. The Labute approximate surface area is 279 Å². The summed E-state index contributed by atoms with van der Waals surface area (Å²) in [6, 6.07) is 0. The molecule has 0 aromatic carbocycles. The second kappa shape index (κ2) is 15.2. The van der Waals surface area contributed by atoms with Gasteiger partial charge in [-0.3, -0.25) is 9.05 Å². The van der Waals surface area contributed by atoms with E-state index in [1.807, 2.05) is 21.1 Å². The Morgan fingerprint density at radius 2 is 1.74 bits per heavy atom. The molecule has 0 aromatic rings. The first-order valence-electron chi connectivity index (χ1n) is 18.1. The van der Waals surface area contributed by atoms with Gasteiger partial charge in [0.25, 0.3) is 0 Å². The van der Waals surface area contributed by atoms with Crippen LogP contribution in [0.25, 0.3) is 0 Å². The van der Waals surface area contributed by atoms with Gasteiger partial charge in [-0.2, -0.15) is 0 Å². The average molecular weight is 667 g/mol. The molecule has 0 heterocycles. The molecule has 1 N–H and O–H groups in total. The minimum atomic E-state index is -4.19. The summed E-state index contributed by atoms with van der Waals surface area (Å²) < 4.78 is 33.5. The molecule has 0 bridgehead atoms. The number of phosphoric ester groups is 1. The zero-order chi connectivity index (χ0) is 33.9. The third-order valence-corrected chi connectivity index (χ3v) is 13.6. The lowest BCUT2D eigenvalue weighted by molar-refractivity contribution is -0.870. The van der Waals surface area contributed by atoms with Gasteiger partial charge in [-0.15, -0.1) is 0 Å². The fourth-order valence-corrected chi connectivity index (χ4v) is 10.5. The number of carbonyl (C=O) groups excluding carboxylic acids is 1. The summed E-state index contributed by atoms with van der Waals surface area (Å²) >= 11 is 0. The van der Waals surface area contributed by atoms with Gasteiger partial charge in [0.1, 0.15) is 25.9 Å². The molecule has 0 radical (unpaired) electrons. The van der Waals surface area contributed by atoms with Crippen molar-refractivity contribution in [2.24, 2.45) is 52.3 Å². The van der Waals surface area contributed by atoms with Crippen LogP contribution < -0.4 is 0 Å². The Bertz CT molecular complexity index is 1150. The molecule has 0 aliphatic heterocycles. The van der Waals surface area contributed by atoms with Crippen molar-refractivity contribution in [2.45, 2.75) is 105 Å². The normalized spacial score (nSPS) is 35.5. The molecule has 4 aliphatic carbocycles. The monoisotopic (exact) mass is 666 g/mol. The number of likely N-dealkylation sites (N-methyl/N-ethyl adjacent to an activating group) is 1. The number of fused-ring (bicyclic) bond motifs is 5. The highest BCUT2D eigenvalue weighted by atomic mass is 31.2. The summed E-state index contributed by atoms with van der Waals surface area (Å²) in [5, 5.41) is 0. The maximum atomic E-state index is 12.5. The van der Waals surface area contributed by atoms with Crippen LogP contribution >= 0.6 is 7.82 Å². The number of allylic oxidation sites excluding steroid dienone is 3. The largest absolute Gasteiger partial charge is 0.508 e. The van der Waals surface area contributed by atoms with Gasteiger partial charge in [-0.05, 0) is 104 Å². The maximum Gasteiger partial charge on any atom is 0.508 e. The second-order valence-corrected chi connectivity index (χ2v) is 18.2. The molecule has 0 aromatic heterocycles. The molecule has 0 saturated heterocycles. The van der Waals surface area contributed by atoms with Crippen LogP contribution in [0.15, 0.2) is 23.8 Å². The number of hydrogen-bond acceptors (Lipinski definition) is 6. The average Bonchev–Trinajstić information content (AvgIpc) is 3.32. The van der Waals surface area contributed by atoms with E-state index in [9.17, 15) is 14.3 Å². The minimum absolute atomic E-state index is 0.0908. The molecule has 9 heteroatoms. The van der Waals surface area contributed by atoms with Crippen LogP contribution in [-0.2, 0) is 23.1 Å². The Morgan fingerprint density at radius 3 is 2.41 bits per heavy atom. The summed E-state index contributed by atoms with van der Waals surface area (Å²) in [7, 11) is 1.70. The molecule has 0 amide bonds. The van der Waals surface area contributed by atoms with Gasteiger partial charge in [0.15, 0.2) is 0 Å². The summed E-state index contributed by atoms with van der Waals surface area (Å²) in [6.45, 7) is 14.8. The van der Waals surface area contributed by atoms with Crippen molar-refractivity contribution in [1.29, 1.82) is 0 Å². The lowest BCUT2D eigenvalue weighted by Gasteiger charge is -2.58. The van der Waals surface area contributed by atoms with E-state index in [1.165, 1.54) is 37.7 Å². The summed E-state index contributed by atoms with van der Waals surface area (Å²) in [6.07, 6.45) is 16.9. The summed E-state index contributed by atoms with van der Waals surface area (Å²) in [4.78, 5) is 22.3. The zero-order valence-corrected chi connectivity index (χ0v) is 31.2. The molecule has 46 heavy (non-hydrogen) atoms. The van der Waals surface area contributed by atoms with Gasteiger partial charge in [0.05, 0.1) is 27.7 Å². The molecule has 4 aliphatic rings. The lowest BCUT2D eigenvalue weighted by Crippen LogP contribution is -2.51. The maximum absolute atomic E-state index is 12.5. The predicted octanol–water partition coefficient (Wildman–Crippen LogP) is 8.80. The molecule has 4 unspecified atom stereocenters. The van der Waals surface area contributed by atoms with E-state index in [1.54, 1.807) is 0 Å². The molecule has 264 valence electrons. The van der Waals surface area contributed by atoms with Gasteiger partial charge < -0.3 is 18.9 Å². The fraction of sp³-hybridized carbons (Fsp3) is 0.865. The standard InChI is InChI=1S/C37H64NO7P/c1-10-28(26(2)3)12-11-27(4)32-15-16-33-31-14-13-29-25-30(17-19-36(29,5)34(31)18-20-37(32,33)6)45-35(39)42-23-24-44-46(40,41)43-22-21-38(7,8)9/h11-13,26-28,30-34H,10,14-25H2,1-9H3/p+1/t27-,28-,30+,31?,32-,33?,34?,36+,37-/m1/s1. The topological polar surface area (TPSA) is 91.3 Å². The van der Waals surface area contributed by atoms with Gasteiger partial charge in [-0.25, -0.2) is 9.36 Å². The van der Waals surface area contributed by atoms with Gasteiger partial charge in [0, 0.05) is 6.42 Å². The summed E-state index contributed by atoms with van der Waals surface area (Å²) in [5.41, 5.74) is 2.05. The Morgan fingerprint density at radius 1 is 1.02 bits per heavy atom. The number of rotatable bonds is 14. The molecule has 4 rings (SSSR count). The molecule has 3 saturated carbocycles. The van der Waals surface area contributed by atoms with E-state index in [2.05, 4.69) is 59.8 Å². The van der Waals surface area contributed by atoms with E-state index in [-0.39, 0.29) is 31.3 Å². The van der Waals surface area contributed by atoms with E-state index < -0.39 is 14.0 Å². The number of quaternary nitrogens is 1. The Balaban J connectivity index is 1.27. The number of hydrogen-bond donors (Lipinski definition) is 1. The highest BCUT2D eigenvalue weighted by Gasteiger charge is 2.59. The number of nitrogens with zero attached hydrogens (tertiary/aromatic N) is 1. The molecule has 8 nitrogen and oxygen atoms in total. The van der Waals surface area contributed by atoms with Crippen LogP contribution in [0.3, 0.4) is 0 Å². The first-order chi connectivity index (χ1) is 21.5. The number of ether oxygens (including phenoxy) is 2. The van der Waals surface area contributed by atoms with Crippen molar-refractivity contribution in [1.82, 2.24) is 0 Å². The van der Waals surface area contributed by atoms with E-state index in [0.717, 1.165) is 43.4 Å².